The van der Waals surface area contributed by atoms with Gasteiger partial charge in [0.05, 0.1) is 17.9 Å². The van der Waals surface area contributed by atoms with Crippen LogP contribution < -0.4 is 4.74 Å². The van der Waals surface area contributed by atoms with E-state index in [0.29, 0.717) is 12.2 Å². The molecular formula is C19H17NO2. The van der Waals surface area contributed by atoms with E-state index in [4.69, 9.17) is 4.74 Å². The van der Waals surface area contributed by atoms with Crippen molar-refractivity contribution in [3.05, 3.63) is 59.8 Å². The fraction of sp³-hybridized carbons (Fsp3) is 0.158. The summed E-state index contributed by atoms with van der Waals surface area (Å²) < 4.78 is 5.81. The van der Waals surface area contributed by atoms with Crippen LogP contribution in [-0.4, -0.2) is 17.9 Å². The molecule has 110 valence electrons. The van der Waals surface area contributed by atoms with E-state index in [1.807, 2.05) is 56.3 Å². The largest absolute Gasteiger partial charge is 0.493 e. The Hall–Kier alpha value is -2.68. The summed E-state index contributed by atoms with van der Waals surface area (Å²) in [5, 5.41) is 2.10. The van der Waals surface area contributed by atoms with Crippen LogP contribution in [0.2, 0.25) is 0 Å². The van der Waals surface area contributed by atoms with Crippen LogP contribution in [0.4, 0.5) is 0 Å². The number of ether oxygens (including phenoxy) is 1. The number of aromatic nitrogens is 1. The highest BCUT2D eigenvalue weighted by atomic mass is 16.5. The number of hydrogen-bond donors (Lipinski definition) is 0. The van der Waals surface area contributed by atoms with Gasteiger partial charge in [-0.15, -0.1) is 0 Å². The third-order valence-corrected chi connectivity index (χ3v) is 3.71. The number of carbonyl (C=O) groups is 1. The van der Waals surface area contributed by atoms with E-state index in [-0.39, 0.29) is 0 Å². The molecule has 0 saturated heterocycles. The number of nitrogens with zero attached hydrogens (tertiary/aromatic N) is 1. The number of fused-ring (bicyclic) bond motifs is 1. The van der Waals surface area contributed by atoms with Gasteiger partial charge >= 0.3 is 0 Å². The first-order chi connectivity index (χ1) is 10.8. The molecule has 3 aromatic rings. The van der Waals surface area contributed by atoms with Crippen molar-refractivity contribution in [1.29, 1.82) is 0 Å². The van der Waals surface area contributed by atoms with E-state index >= 15 is 0 Å². The molecule has 22 heavy (non-hydrogen) atoms. The molecule has 1 aromatic heterocycles. The standard InChI is InChI=1S/C19H17NO2/c1-3-22-19-13(2)8-9-15(12-21)17(19)18-16-7-5-4-6-14(16)10-11-20-18/h4-12H,3H2,1-2H3. The minimum absolute atomic E-state index is 0.543. The molecule has 3 nitrogen and oxygen atoms in total. The Bertz CT molecular complexity index is 835. The van der Waals surface area contributed by atoms with E-state index in [9.17, 15) is 4.79 Å². The van der Waals surface area contributed by atoms with Crippen LogP contribution in [-0.2, 0) is 0 Å². The molecule has 0 bridgehead atoms. The van der Waals surface area contributed by atoms with Crippen molar-refractivity contribution in [2.24, 2.45) is 0 Å². The molecule has 0 amide bonds. The second-order valence-corrected chi connectivity index (χ2v) is 5.11. The maximum atomic E-state index is 11.5. The van der Waals surface area contributed by atoms with Crippen LogP contribution >= 0.6 is 0 Å². The number of rotatable bonds is 4. The van der Waals surface area contributed by atoms with E-state index in [1.165, 1.54) is 0 Å². The SMILES string of the molecule is CCOc1c(C)ccc(C=O)c1-c1nccc2ccccc12. The first kappa shape index (κ1) is 14.3. The maximum Gasteiger partial charge on any atom is 0.150 e. The fourth-order valence-electron chi connectivity index (χ4n) is 2.69. The number of aryl methyl sites for hydroxylation is 1. The van der Waals surface area contributed by atoms with Crippen molar-refractivity contribution < 1.29 is 9.53 Å². The van der Waals surface area contributed by atoms with Crippen LogP contribution in [0.25, 0.3) is 22.0 Å². The van der Waals surface area contributed by atoms with Gasteiger partial charge in [-0.3, -0.25) is 9.78 Å². The highest BCUT2D eigenvalue weighted by Crippen LogP contribution is 2.37. The molecule has 0 fully saturated rings. The molecule has 0 aliphatic rings. The van der Waals surface area contributed by atoms with Gasteiger partial charge in [0, 0.05) is 17.1 Å². The average Bonchev–Trinajstić information content (AvgIpc) is 2.56. The summed E-state index contributed by atoms with van der Waals surface area (Å²) in [4.78, 5) is 16.1. The number of carbonyl (C=O) groups excluding carboxylic acids is 1. The number of benzene rings is 2. The lowest BCUT2D eigenvalue weighted by molar-refractivity contribution is 0.112. The van der Waals surface area contributed by atoms with Crippen molar-refractivity contribution in [2.75, 3.05) is 6.61 Å². The number of pyridine rings is 1. The molecule has 0 unspecified atom stereocenters. The molecule has 1 heterocycles. The maximum absolute atomic E-state index is 11.5. The second kappa shape index (κ2) is 5.98. The Labute approximate surface area is 129 Å². The minimum atomic E-state index is 0.543. The van der Waals surface area contributed by atoms with Crippen LogP contribution in [0.1, 0.15) is 22.8 Å². The van der Waals surface area contributed by atoms with Crippen molar-refractivity contribution in [3.63, 3.8) is 0 Å². The highest BCUT2D eigenvalue weighted by molar-refractivity contribution is 6.01. The first-order valence-electron chi connectivity index (χ1n) is 7.32. The zero-order valence-corrected chi connectivity index (χ0v) is 12.7. The van der Waals surface area contributed by atoms with Crippen molar-refractivity contribution in [3.8, 4) is 17.0 Å². The molecule has 0 aliphatic heterocycles. The molecule has 0 atom stereocenters. The molecule has 2 aromatic carbocycles. The summed E-state index contributed by atoms with van der Waals surface area (Å²) in [5.74, 6) is 0.732. The van der Waals surface area contributed by atoms with Gasteiger partial charge in [0.1, 0.15) is 5.75 Å². The van der Waals surface area contributed by atoms with Crippen LogP contribution in [0.5, 0.6) is 5.75 Å². The average molecular weight is 291 g/mol. The summed E-state index contributed by atoms with van der Waals surface area (Å²) >= 11 is 0. The monoisotopic (exact) mass is 291 g/mol. The second-order valence-electron chi connectivity index (χ2n) is 5.11. The topological polar surface area (TPSA) is 39.2 Å². The van der Waals surface area contributed by atoms with E-state index in [1.54, 1.807) is 6.20 Å². The lowest BCUT2D eigenvalue weighted by Crippen LogP contribution is -2.01. The molecule has 0 radical (unpaired) electrons. The molecule has 0 saturated carbocycles. The van der Waals surface area contributed by atoms with Gasteiger partial charge in [-0.2, -0.15) is 0 Å². The van der Waals surface area contributed by atoms with Crippen LogP contribution in [0.3, 0.4) is 0 Å². The molecule has 0 aliphatic carbocycles. The molecular weight excluding hydrogens is 274 g/mol. The third-order valence-electron chi connectivity index (χ3n) is 3.71. The van der Waals surface area contributed by atoms with E-state index in [2.05, 4.69) is 4.98 Å². The predicted octanol–water partition coefficient (Wildman–Crippen LogP) is 4.42. The van der Waals surface area contributed by atoms with Crippen molar-refractivity contribution >= 4 is 17.1 Å². The summed E-state index contributed by atoms with van der Waals surface area (Å²) in [6.07, 6.45) is 2.63. The first-order valence-corrected chi connectivity index (χ1v) is 7.32. The summed E-state index contributed by atoms with van der Waals surface area (Å²) in [6.45, 7) is 4.46. The fourth-order valence-corrected chi connectivity index (χ4v) is 2.69. The zero-order valence-electron chi connectivity index (χ0n) is 12.7. The van der Waals surface area contributed by atoms with Crippen LogP contribution in [0.15, 0.2) is 48.7 Å². The van der Waals surface area contributed by atoms with Crippen molar-refractivity contribution in [2.45, 2.75) is 13.8 Å². The Morgan fingerprint density at radius 2 is 1.95 bits per heavy atom. The lowest BCUT2D eigenvalue weighted by atomic mass is 9.96. The number of aldehydes is 1. The Morgan fingerprint density at radius 3 is 2.73 bits per heavy atom. The molecule has 3 rings (SSSR count). The van der Waals surface area contributed by atoms with E-state index < -0.39 is 0 Å². The van der Waals surface area contributed by atoms with Gasteiger partial charge in [0.15, 0.2) is 6.29 Å². The van der Waals surface area contributed by atoms with Gasteiger partial charge in [0.25, 0.3) is 0 Å². The lowest BCUT2D eigenvalue weighted by Gasteiger charge is -2.16. The van der Waals surface area contributed by atoms with Gasteiger partial charge in [-0.05, 0) is 30.9 Å². The minimum Gasteiger partial charge on any atom is -0.493 e. The number of hydrogen-bond acceptors (Lipinski definition) is 3. The molecule has 3 heteroatoms. The normalized spacial score (nSPS) is 10.6. The Morgan fingerprint density at radius 1 is 1.14 bits per heavy atom. The summed E-state index contributed by atoms with van der Waals surface area (Å²) in [6, 6.07) is 13.7. The zero-order chi connectivity index (χ0) is 15.5. The van der Waals surface area contributed by atoms with E-state index in [0.717, 1.165) is 39.6 Å². The third kappa shape index (κ3) is 2.35. The highest BCUT2D eigenvalue weighted by Gasteiger charge is 2.17. The van der Waals surface area contributed by atoms with Gasteiger partial charge in [-0.1, -0.05) is 36.4 Å². The van der Waals surface area contributed by atoms with Gasteiger partial charge in [-0.25, -0.2) is 0 Å². The molecule has 0 spiro atoms. The van der Waals surface area contributed by atoms with Crippen LogP contribution in [0, 0.1) is 6.92 Å². The van der Waals surface area contributed by atoms with Gasteiger partial charge in [0.2, 0.25) is 0 Å². The molecule has 0 N–H and O–H groups in total. The Kier molecular flexibility index (Phi) is 3.88. The van der Waals surface area contributed by atoms with Crippen molar-refractivity contribution in [1.82, 2.24) is 4.98 Å². The Balaban J connectivity index is 2.39. The summed E-state index contributed by atoms with van der Waals surface area (Å²) in [5.41, 5.74) is 3.15. The quantitative estimate of drug-likeness (QED) is 0.668. The van der Waals surface area contributed by atoms with Gasteiger partial charge < -0.3 is 4.74 Å². The predicted molar refractivity (Wildman–Crippen MR) is 88.5 cm³/mol. The summed E-state index contributed by atoms with van der Waals surface area (Å²) in [7, 11) is 0. The smallest absolute Gasteiger partial charge is 0.150 e.